The van der Waals surface area contributed by atoms with E-state index < -0.39 is 6.04 Å². The van der Waals surface area contributed by atoms with Gasteiger partial charge in [0.05, 0.1) is 0 Å². The Morgan fingerprint density at radius 2 is 2.13 bits per heavy atom. The first-order chi connectivity index (χ1) is 11.0. The van der Waals surface area contributed by atoms with Crippen molar-refractivity contribution in [1.82, 2.24) is 15.5 Å². The lowest BCUT2D eigenvalue weighted by molar-refractivity contribution is -0.136. The molecule has 1 aromatic rings. The number of hydrogen-bond donors (Lipinski definition) is 2. The third kappa shape index (κ3) is 5.23. The number of urea groups is 1. The predicted molar refractivity (Wildman–Crippen MR) is 93.6 cm³/mol. The van der Waals surface area contributed by atoms with E-state index in [1.165, 1.54) is 12.0 Å². The molecule has 0 aliphatic carbocycles. The lowest BCUT2D eigenvalue weighted by Gasteiger charge is -2.35. The van der Waals surface area contributed by atoms with Crippen LogP contribution in [0.25, 0.3) is 0 Å². The molecule has 6 heteroatoms. The van der Waals surface area contributed by atoms with Gasteiger partial charge in [-0.15, -0.1) is 0 Å². The molecule has 5 nitrogen and oxygen atoms in total. The molecular weight excluding hydrogens is 310 g/mol. The third-order valence-corrected chi connectivity index (χ3v) is 5.04. The molecule has 3 unspecified atom stereocenters. The minimum absolute atomic E-state index is 0.0119. The van der Waals surface area contributed by atoms with E-state index in [-0.39, 0.29) is 24.0 Å². The summed E-state index contributed by atoms with van der Waals surface area (Å²) in [5, 5.41) is 9.79. The van der Waals surface area contributed by atoms with Crippen LogP contribution in [0.3, 0.4) is 0 Å². The summed E-state index contributed by atoms with van der Waals surface area (Å²) in [6.45, 7) is 6.60. The number of nitrogens with zero attached hydrogens (tertiary/aromatic N) is 1. The number of likely N-dealkylation sites (tertiary alicyclic amines) is 1. The monoisotopic (exact) mass is 337 g/mol. The van der Waals surface area contributed by atoms with Crippen LogP contribution in [0, 0.1) is 0 Å². The van der Waals surface area contributed by atoms with Crippen molar-refractivity contribution in [2.24, 2.45) is 0 Å². The molecule has 2 heterocycles. The van der Waals surface area contributed by atoms with E-state index in [2.05, 4.69) is 29.0 Å². The predicted octanol–water partition coefficient (Wildman–Crippen LogP) is 2.77. The van der Waals surface area contributed by atoms with E-state index in [4.69, 9.17) is 0 Å². The Hall–Kier alpha value is -1.56. The number of carbonyl (C=O) groups is 2. The van der Waals surface area contributed by atoms with Gasteiger partial charge in [-0.2, -0.15) is 11.3 Å². The van der Waals surface area contributed by atoms with Crippen molar-refractivity contribution in [3.63, 3.8) is 0 Å². The maximum atomic E-state index is 12.5. The molecule has 0 spiro atoms. The van der Waals surface area contributed by atoms with Crippen LogP contribution in [0.2, 0.25) is 0 Å². The Morgan fingerprint density at radius 3 is 2.78 bits per heavy atom. The highest BCUT2D eigenvalue weighted by Gasteiger charge is 2.27. The number of nitrogens with one attached hydrogen (secondary N) is 2. The van der Waals surface area contributed by atoms with Gasteiger partial charge in [0.15, 0.2) is 0 Å². The SMILES string of the molecule is CC(Cc1ccsc1)NC(=O)NC(C)C(=O)N1CCCCC1C. The van der Waals surface area contributed by atoms with Crippen molar-refractivity contribution >= 4 is 23.3 Å². The number of thiophene rings is 1. The van der Waals surface area contributed by atoms with E-state index in [1.54, 1.807) is 18.3 Å². The van der Waals surface area contributed by atoms with Crippen molar-refractivity contribution in [3.8, 4) is 0 Å². The first-order valence-corrected chi connectivity index (χ1v) is 9.30. The van der Waals surface area contributed by atoms with E-state index in [0.717, 1.165) is 25.8 Å². The first kappa shape index (κ1) is 17.8. The summed E-state index contributed by atoms with van der Waals surface area (Å²) in [7, 11) is 0. The quantitative estimate of drug-likeness (QED) is 0.868. The molecule has 0 saturated carbocycles. The zero-order valence-electron chi connectivity index (χ0n) is 14.2. The standard InChI is InChI=1S/C17H27N3O2S/c1-12(10-15-7-9-23-11-15)18-17(22)19-14(3)16(21)20-8-5-4-6-13(20)2/h7,9,11-14H,4-6,8,10H2,1-3H3,(H2,18,19,22). The van der Waals surface area contributed by atoms with Gasteiger partial charge in [-0.25, -0.2) is 4.79 Å². The van der Waals surface area contributed by atoms with Crippen LogP contribution in [0.5, 0.6) is 0 Å². The molecule has 0 radical (unpaired) electrons. The van der Waals surface area contributed by atoms with Crippen LogP contribution < -0.4 is 10.6 Å². The number of rotatable bonds is 5. The molecule has 2 rings (SSSR count). The molecule has 1 aromatic heterocycles. The van der Waals surface area contributed by atoms with Gasteiger partial charge in [-0.05, 0) is 68.8 Å². The molecular formula is C17H27N3O2S. The fraction of sp³-hybridized carbons (Fsp3) is 0.647. The number of piperidine rings is 1. The highest BCUT2D eigenvalue weighted by molar-refractivity contribution is 7.07. The Kier molecular flexibility index (Phi) is 6.45. The molecule has 3 amide bonds. The van der Waals surface area contributed by atoms with Gasteiger partial charge in [0.2, 0.25) is 5.91 Å². The van der Waals surface area contributed by atoms with Crippen molar-refractivity contribution in [2.75, 3.05) is 6.54 Å². The maximum absolute atomic E-state index is 12.5. The number of hydrogen-bond acceptors (Lipinski definition) is 3. The molecule has 23 heavy (non-hydrogen) atoms. The van der Waals surface area contributed by atoms with Crippen molar-refractivity contribution in [1.29, 1.82) is 0 Å². The minimum Gasteiger partial charge on any atom is -0.338 e. The van der Waals surface area contributed by atoms with E-state index in [9.17, 15) is 9.59 Å². The Labute approximate surface area is 142 Å². The summed E-state index contributed by atoms with van der Waals surface area (Å²) in [6, 6.07) is 1.58. The summed E-state index contributed by atoms with van der Waals surface area (Å²) >= 11 is 1.65. The van der Waals surface area contributed by atoms with Gasteiger partial charge in [0.25, 0.3) is 0 Å². The molecule has 1 aliphatic rings. The highest BCUT2D eigenvalue weighted by Crippen LogP contribution is 2.17. The largest absolute Gasteiger partial charge is 0.338 e. The van der Waals surface area contributed by atoms with Crippen LogP contribution in [-0.4, -0.2) is 41.5 Å². The first-order valence-electron chi connectivity index (χ1n) is 8.36. The van der Waals surface area contributed by atoms with E-state index in [0.29, 0.717) is 0 Å². The third-order valence-electron chi connectivity index (χ3n) is 4.30. The smallest absolute Gasteiger partial charge is 0.315 e. The van der Waals surface area contributed by atoms with Crippen LogP contribution in [-0.2, 0) is 11.2 Å². The van der Waals surface area contributed by atoms with E-state index >= 15 is 0 Å². The van der Waals surface area contributed by atoms with Crippen LogP contribution in [0.4, 0.5) is 4.79 Å². The van der Waals surface area contributed by atoms with Gasteiger partial charge in [-0.1, -0.05) is 0 Å². The van der Waals surface area contributed by atoms with Gasteiger partial charge in [-0.3, -0.25) is 4.79 Å². The second-order valence-corrected chi connectivity index (χ2v) is 7.23. The van der Waals surface area contributed by atoms with Crippen LogP contribution in [0.1, 0.15) is 45.6 Å². The highest BCUT2D eigenvalue weighted by atomic mass is 32.1. The summed E-state index contributed by atoms with van der Waals surface area (Å²) in [5.41, 5.74) is 1.22. The fourth-order valence-electron chi connectivity index (χ4n) is 3.01. The average Bonchev–Trinajstić information content (AvgIpc) is 2.99. The van der Waals surface area contributed by atoms with Crippen molar-refractivity contribution < 1.29 is 9.59 Å². The Bertz CT molecular complexity index is 518. The van der Waals surface area contributed by atoms with Crippen LogP contribution >= 0.6 is 11.3 Å². The lowest BCUT2D eigenvalue weighted by Crippen LogP contribution is -2.54. The molecule has 0 bridgehead atoms. The molecule has 1 saturated heterocycles. The van der Waals surface area contributed by atoms with Gasteiger partial charge in [0.1, 0.15) is 6.04 Å². The van der Waals surface area contributed by atoms with E-state index in [1.807, 2.05) is 17.2 Å². The summed E-state index contributed by atoms with van der Waals surface area (Å²) in [6.07, 6.45) is 4.06. The molecule has 1 fully saturated rings. The Morgan fingerprint density at radius 1 is 1.35 bits per heavy atom. The van der Waals surface area contributed by atoms with Crippen molar-refractivity contribution in [3.05, 3.63) is 22.4 Å². The van der Waals surface area contributed by atoms with Crippen LogP contribution in [0.15, 0.2) is 16.8 Å². The zero-order valence-corrected chi connectivity index (χ0v) is 15.0. The number of amides is 3. The topological polar surface area (TPSA) is 61.4 Å². The normalized spacial score (nSPS) is 20.7. The second kappa shape index (κ2) is 8.34. The summed E-state index contributed by atoms with van der Waals surface area (Å²) in [4.78, 5) is 26.4. The zero-order chi connectivity index (χ0) is 16.8. The fourth-order valence-corrected chi connectivity index (χ4v) is 3.69. The lowest BCUT2D eigenvalue weighted by atomic mass is 10.0. The molecule has 3 atom stereocenters. The number of carbonyl (C=O) groups excluding carboxylic acids is 2. The van der Waals surface area contributed by atoms with Gasteiger partial charge >= 0.3 is 6.03 Å². The minimum atomic E-state index is -0.496. The second-order valence-electron chi connectivity index (χ2n) is 6.45. The molecule has 2 N–H and O–H groups in total. The maximum Gasteiger partial charge on any atom is 0.315 e. The molecule has 0 aromatic carbocycles. The van der Waals surface area contributed by atoms with Crippen molar-refractivity contribution in [2.45, 2.75) is 64.6 Å². The molecule has 1 aliphatic heterocycles. The van der Waals surface area contributed by atoms with Gasteiger partial charge < -0.3 is 15.5 Å². The average molecular weight is 337 g/mol. The summed E-state index contributed by atoms with van der Waals surface area (Å²) in [5.74, 6) is 0.0119. The Balaban J connectivity index is 1.78. The molecule has 128 valence electrons. The summed E-state index contributed by atoms with van der Waals surface area (Å²) < 4.78 is 0. The van der Waals surface area contributed by atoms with Gasteiger partial charge in [0, 0.05) is 18.6 Å².